The van der Waals surface area contributed by atoms with E-state index in [4.69, 9.17) is 9.26 Å². The lowest BCUT2D eigenvalue weighted by Crippen LogP contribution is -2.23. The standard InChI is InChI=1S/C21H20N6O3/c1-15-25-20(26-30-15)12-29-19-8-6-16(7-9-19)21(28)23-10-17-4-2-3-5-18(17)11-27-14-22-13-24-27/h2-9,13-14H,10-12H2,1H3,(H,23,28). The zero-order chi connectivity index (χ0) is 20.8. The molecule has 1 amide bonds. The molecule has 4 rings (SSSR count). The summed E-state index contributed by atoms with van der Waals surface area (Å²) in [6.07, 6.45) is 3.17. The van der Waals surface area contributed by atoms with Crippen LogP contribution >= 0.6 is 0 Å². The van der Waals surface area contributed by atoms with Crippen LogP contribution in [0.5, 0.6) is 5.75 Å². The number of aryl methyl sites for hydroxylation is 1. The van der Waals surface area contributed by atoms with Crippen molar-refractivity contribution in [2.24, 2.45) is 0 Å². The second-order valence-corrected chi connectivity index (χ2v) is 6.59. The lowest BCUT2D eigenvalue weighted by atomic mass is 10.1. The molecule has 0 fully saturated rings. The highest BCUT2D eigenvalue weighted by Crippen LogP contribution is 2.15. The molecule has 30 heavy (non-hydrogen) atoms. The molecule has 2 aromatic heterocycles. The summed E-state index contributed by atoms with van der Waals surface area (Å²) in [5.74, 6) is 1.42. The van der Waals surface area contributed by atoms with E-state index in [-0.39, 0.29) is 12.5 Å². The van der Waals surface area contributed by atoms with Crippen LogP contribution in [0, 0.1) is 6.92 Å². The summed E-state index contributed by atoms with van der Waals surface area (Å²) in [6, 6.07) is 14.8. The van der Waals surface area contributed by atoms with Crippen LogP contribution < -0.4 is 10.1 Å². The van der Waals surface area contributed by atoms with Gasteiger partial charge < -0.3 is 14.6 Å². The van der Waals surface area contributed by atoms with E-state index >= 15 is 0 Å². The number of aromatic nitrogens is 5. The van der Waals surface area contributed by atoms with Gasteiger partial charge in [-0.3, -0.25) is 4.79 Å². The minimum Gasteiger partial charge on any atom is -0.485 e. The third-order valence-electron chi connectivity index (χ3n) is 4.41. The minimum absolute atomic E-state index is 0.161. The number of rotatable bonds is 8. The molecule has 0 aliphatic rings. The van der Waals surface area contributed by atoms with Crippen molar-refractivity contribution in [3.05, 3.63) is 89.6 Å². The van der Waals surface area contributed by atoms with E-state index in [0.717, 1.165) is 11.1 Å². The quantitative estimate of drug-likeness (QED) is 0.481. The predicted octanol–water partition coefficient (Wildman–Crippen LogP) is 2.53. The van der Waals surface area contributed by atoms with Crippen molar-refractivity contribution in [2.75, 3.05) is 0 Å². The van der Waals surface area contributed by atoms with Crippen molar-refractivity contribution >= 4 is 5.91 Å². The molecule has 0 saturated heterocycles. The summed E-state index contributed by atoms with van der Waals surface area (Å²) in [5, 5.41) is 10.9. The van der Waals surface area contributed by atoms with Gasteiger partial charge in [0.2, 0.25) is 11.7 Å². The van der Waals surface area contributed by atoms with E-state index in [1.807, 2.05) is 24.3 Å². The van der Waals surface area contributed by atoms with Gasteiger partial charge in [0.25, 0.3) is 5.91 Å². The Balaban J connectivity index is 1.33. The zero-order valence-corrected chi connectivity index (χ0v) is 16.4. The molecule has 0 saturated carbocycles. The first-order chi connectivity index (χ1) is 14.7. The number of nitrogens with zero attached hydrogens (tertiary/aromatic N) is 5. The van der Waals surface area contributed by atoms with Gasteiger partial charge in [0.1, 0.15) is 18.4 Å². The van der Waals surface area contributed by atoms with Gasteiger partial charge in [-0.05, 0) is 35.4 Å². The lowest BCUT2D eigenvalue weighted by Gasteiger charge is -2.11. The maximum Gasteiger partial charge on any atom is 0.251 e. The van der Waals surface area contributed by atoms with E-state index in [2.05, 4.69) is 25.5 Å². The Labute approximate surface area is 172 Å². The van der Waals surface area contributed by atoms with E-state index in [9.17, 15) is 4.79 Å². The highest BCUT2D eigenvalue weighted by molar-refractivity contribution is 5.94. The number of nitrogens with one attached hydrogen (secondary N) is 1. The van der Waals surface area contributed by atoms with Crippen LogP contribution in [0.15, 0.2) is 65.7 Å². The largest absolute Gasteiger partial charge is 0.485 e. The molecule has 2 heterocycles. The van der Waals surface area contributed by atoms with E-state index in [1.165, 1.54) is 6.33 Å². The Morgan fingerprint density at radius 1 is 1.13 bits per heavy atom. The second-order valence-electron chi connectivity index (χ2n) is 6.59. The van der Waals surface area contributed by atoms with Crippen LogP contribution in [0.2, 0.25) is 0 Å². The molecule has 0 radical (unpaired) electrons. The van der Waals surface area contributed by atoms with E-state index in [1.54, 1.807) is 42.2 Å². The van der Waals surface area contributed by atoms with Crippen molar-refractivity contribution < 1.29 is 14.1 Å². The van der Waals surface area contributed by atoms with Crippen molar-refractivity contribution in [1.29, 1.82) is 0 Å². The third kappa shape index (κ3) is 4.88. The average Bonchev–Trinajstić information content (AvgIpc) is 3.43. The normalized spacial score (nSPS) is 10.7. The second kappa shape index (κ2) is 8.99. The van der Waals surface area contributed by atoms with Gasteiger partial charge in [0.05, 0.1) is 6.54 Å². The fraction of sp³-hybridized carbons (Fsp3) is 0.190. The monoisotopic (exact) mass is 404 g/mol. The maximum absolute atomic E-state index is 12.5. The molecular weight excluding hydrogens is 384 g/mol. The molecule has 0 unspecified atom stereocenters. The summed E-state index contributed by atoms with van der Waals surface area (Å²) in [6.45, 7) is 2.93. The molecule has 4 aromatic rings. The van der Waals surface area contributed by atoms with Crippen molar-refractivity contribution in [1.82, 2.24) is 30.2 Å². The van der Waals surface area contributed by atoms with E-state index in [0.29, 0.717) is 36.1 Å². The van der Waals surface area contributed by atoms with Crippen LogP contribution in [0.25, 0.3) is 0 Å². The number of hydrogen-bond acceptors (Lipinski definition) is 7. The van der Waals surface area contributed by atoms with Gasteiger partial charge in [-0.1, -0.05) is 29.4 Å². The maximum atomic E-state index is 12.5. The molecular formula is C21H20N6O3. The molecule has 0 atom stereocenters. The summed E-state index contributed by atoms with van der Waals surface area (Å²) in [4.78, 5) is 20.6. The van der Waals surface area contributed by atoms with Crippen LogP contribution in [0.1, 0.15) is 33.2 Å². The Morgan fingerprint density at radius 2 is 1.93 bits per heavy atom. The molecule has 152 valence electrons. The topological polar surface area (TPSA) is 108 Å². The van der Waals surface area contributed by atoms with Gasteiger partial charge in [-0.25, -0.2) is 9.67 Å². The molecule has 1 N–H and O–H groups in total. The molecule has 9 heteroatoms. The first-order valence-corrected chi connectivity index (χ1v) is 9.37. The number of hydrogen-bond donors (Lipinski definition) is 1. The minimum atomic E-state index is -0.161. The number of carbonyl (C=O) groups is 1. The van der Waals surface area contributed by atoms with Gasteiger partial charge in [0, 0.05) is 19.0 Å². The smallest absolute Gasteiger partial charge is 0.251 e. The summed E-state index contributed by atoms with van der Waals surface area (Å²) in [7, 11) is 0. The number of ether oxygens (including phenoxy) is 1. The van der Waals surface area contributed by atoms with Crippen molar-refractivity contribution in [2.45, 2.75) is 26.6 Å². The van der Waals surface area contributed by atoms with Gasteiger partial charge in [-0.15, -0.1) is 0 Å². The molecule has 0 bridgehead atoms. The molecule has 0 spiro atoms. The van der Waals surface area contributed by atoms with Gasteiger partial charge in [-0.2, -0.15) is 10.1 Å². The zero-order valence-electron chi connectivity index (χ0n) is 16.4. The van der Waals surface area contributed by atoms with Crippen LogP contribution in [-0.4, -0.2) is 30.8 Å². The van der Waals surface area contributed by atoms with Crippen LogP contribution in [0.3, 0.4) is 0 Å². The molecule has 0 aliphatic heterocycles. The number of amides is 1. The van der Waals surface area contributed by atoms with Crippen LogP contribution in [-0.2, 0) is 19.7 Å². The predicted molar refractivity (Wildman–Crippen MR) is 107 cm³/mol. The molecule has 0 aliphatic carbocycles. The van der Waals surface area contributed by atoms with E-state index < -0.39 is 0 Å². The Kier molecular flexibility index (Phi) is 5.79. The highest BCUT2D eigenvalue weighted by atomic mass is 16.5. The van der Waals surface area contributed by atoms with Crippen molar-refractivity contribution in [3.8, 4) is 5.75 Å². The Morgan fingerprint density at radius 3 is 2.63 bits per heavy atom. The summed E-state index contributed by atoms with van der Waals surface area (Å²) in [5.41, 5.74) is 2.65. The third-order valence-corrected chi connectivity index (χ3v) is 4.41. The summed E-state index contributed by atoms with van der Waals surface area (Å²) >= 11 is 0. The SMILES string of the molecule is Cc1nc(COc2ccc(C(=O)NCc3ccccc3Cn3cncn3)cc2)no1. The molecule has 2 aromatic carbocycles. The first-order valence-electron chi connectivity index (χ1n) is 9.37. The van der Waals surface area contributed by atoms with Gasteiger partial charge in [0.15, 0.2) is 6.61 Å². The van der Waals surface area contributed by atoms with Crippen molar-refractivity contribution in [3.63, 3.8) is 0 Å². The number of carbonyl (C=O) groups excluding carboxylic acids is 1. The fourth-order valence-corrected chi connectivity index (χ4v) is 2.90. The Hall–Kier alpha value is -4.01. The summed E-state index contributed by atoms with van der Waals surface area (Å²) < 4.78 is 12.3. The fourth-order valence-electron chi connectivity index (χ4n) is 2.90. The van der Waals surface area contributed by atoms with Gasteiger partial charge >= 0.3 is 0 Å². The first kappa shape index (κ1) is 19.3. The molecule has 9 nitrogen and oxygen atoms in total. The average molecular weight is 404 g/mol. The Bertz CT molecular complexity index is 1110. The highest BCUT2D eigenvalue weighted by Gasteiger charge is 2.09. The number of benzene rings is 2. The lowest BCUT2D eigenvalue weighted by molar-refractivity contribution is 0.0951. The van der Waals surface area contributed by atoms with Crippen LogP contribution in [0.4, 0.5) is 0 Å².